The van der Waals surface area contributed by atoms with Crippen molar-refractivity contribution in [2.75, 3.05) is 6.61 Å². The van der Waals surface area contributed by atoms with Crippen LogP contribution in [-0.2, 0) is 6.54 Å². The average Bonchev–Trinajstić information content (AvgIpc) is 2.33. The lowest BCUT2D eigenvalue weighted by atomic mass is 9.94. The van der Waals surface area contributed by atoms with Crippen LogP contribution >= 0.6 is 0 Å². The molecule has 0 amide bonds. The molecule has 0 aromatic heterocycles. The Morgan fingerprint density at radius 2 is 1.75 bits per heavy atom. The van der Waals surface area contributed by atoms with Gasteiger partial charge in [-0.3, -0.25) is 0 Å². The highest BCUT2D eigenvalue weighted by Crippen LogP contribution is 2.22. The average molecular weight is 279 g/mol. The second kappa shape index (κ2) is 6.59. The zero-order valence-corrected chi connectivity index (χ0v) is 13.7. The summed E-state index contributed by atoms with van der Waals surface area (Å²) in [6.45, 7) is 13.3. The summed E-state index contributed by atoms with van der Waals surface area (Å²) in [6, 6.07) is 7.97. The van der Waals surface area contributed by atoms with E-state index in [1.165, 1.54) is 0 Å². The maximum absolute atomic E-state index is 10.3. The van der Waals surface area contributed by atoms with Crippen molar-refractivity contribution < 1.29 is 9.84 Å². The van der Waals surface area contributed by atoms with Gasteiger partial charge in [0, 0.05) is 17.6 Å². The van der Waals surface area contributed by atoms with Crippen molar-refractivity contribution in [2.45, 2.75) is 59.2 Å². The standard InChI is InChI=1S/C17H29NO2/c1-13(2)17(6,19)12-20-15-10-8-7-9-14(15)11-18-16(3,4)5/h7-10,13,18-19H,11-12H2,1-6H3. The molecule has 3 heteroatoms. The van der Waals surface area contributed by atoms with Crippen molar-refractivity contribution in [3.8, 4) is 5.75 Å². The molecule has 0 aliphatic carbocycles. The van der Waals surface area contributed by atoms with Gasteiger partial charge < -0.3 is 15.2 Å². The summed E-state index contributed by atoms with van der Waals surface area (Å²) in [5.41, 5.74) is 0.364. The fourth-order valence-electron chi connectivity index (χ4n) is 1.54. The van der Waals surface area contributed by atoms with Gasteiger partial charge in [0.15, 0.2) is 0 Å². The lowest BCUT2D eigenvalue weighted by molar-refractivity contribution is -0.0269. The number of nitrogens with one attached hydrogen (secondary N) is 1. The molecule has 0 aliphatic heterocycles. The van der Waals surface area contributed by atoms with Crippen LogP contribution in [0.4, 0.5) is 0 Å². The van der Waals surface area contributed by atoms with Crippen LogP contribution in [0.2, 0.25) is 0 Å². The predicted molar refractivity (Wildman–Crippen MR) is 84.0 cm³/mol. The Morgan fingerprint density at radius 1 is 1.15 bits per heavy atom. The highest BCUT2D eigenvalue weighted by molar-refractivity contribution is 5.33. The quantitative estimate of drug-likeness (QED) is 0.839. The first-order valence-corrected chi connectivity index (χ1v) is 7.30. The van der Waals surface area contributed by atoms with Gasteiger partial charge in [0.2, 0.25) is 0 Å². The van der Waals surface area contributed by atoms with Gasteiger partial charge >= 0.3 is 0 Å². The van der Waals surface area contributed by atoms with Gasteiger partial charge in [-0.2, -0.15) is 0 Å². The van der Waals surface area contributed by atoms with Crippen molar-refractivity contribution in [3.05, 3.63) is 29.8 Å². The van der Waals surface area contributed by atoms with Gasteiger partial charge in [0.05, 0.1) is 5.60 Å². The molecular formula is C17H29NO2. The van der Waals surface area contributed by atoms with Gasteiger partial charge in [-0.05, 0) is 39.7 Å². The SMILES string of the molecule is CC(C)C(C)(O)COc1ccccc1CNC(C)(C)C. The molecule has 114 valence electrons. The van der Waals surface area contributed by atoms with E-state index in [-0.39, 0.29) is 11.5 Å². The maximum Gasteiger partial charge on any atom is 0.123 e. The molecule has 1 rings (SSSR count). The molecule has 1 aromatic rings. The van der Waals surface area contributed by atoms with Crippen molar-refractivity contribution in [1.82, 2.24) is 5.32 Å². The van der Waals surface area contributed by atoms with E-state index in [1.54, 1.807) is 0 Å². The first kappa shape index (κ1) is 17.0. The van der Waals surface area contributed by atoms with Crippen LogP contribution in [0.5, 0.6) is 5.75 Å². The van der Waals surface area contributed by atoms with Gasteiger partial charge in [0.25, 0.3) is 0 Å². The largest absolute Gasteiger partial charge is 0.490 e. The molecular weight excluding hydrogens is 250 g/mol. The number of benzene rings is 1. The maximum atomic E-state index is 10.3. The zero-order valence-electron chi connectivity index (χ0n) is 13.7. The molecule has 1 aromatic carbocycles. The number of rotatable bonds is 6. The van der Waals surface area contributed by atoms with Crippen molar-refractivity contribution >= 4 is 0 Å². The van der Waals surface area contributed by atoms with Gasteiger partial charge in [0.1, 0.15) is 12.4 Å². The van der Waals surface area contributed by atoms with Crippen molar-refractivity contribution in [1.29, 1.82) is 0 Å². The second-order valence-electron chi connectivity index (χ2n) is 7.01. The zero-order chi connectivity index (χ0) is 15.4. The summed E-state index contributed by atoms with van der Waals surface area (Å²) in [6.07, 6.45) is 0. The van der Waals surface area contributed by atoms with E-state index in [0.717, 1.165) is 17.9 Å². The number of hydrogen-bond donors (Lipinski definition) is 2. The van der Waals surface area contributed by atoms with E-state index < -0.39 is 5.60 Å². The fourth-order valence-corrected chi connectivity index (χ4v) is 1.54. The Hall–Kier alpha value is -1.06. The highest BCUT2D eigenvalue weighted by Gasteiger charge is 2.26. The fraction of sp³-hybridized carbons (Fsp3) is 0.647. The molecule has 3 nitrogen and oxygen atoms in total. The van der Waals surface area contributed by atoms with Gasteiger partial charge in [-0.25, -0.2) is 0 Å². The van der Waals surface area contributed by atoms with E-state index in [2.05, 4.69) is 32.2 Å². The monoisotopic (exact) mass is 279 g/mol. The third-order valence-electron chi connectivity index (χ3n) is 3.55. The number of para-hydroxylation sites is 1. The van der Waals surface area contributed by atoms with Crippen LogP contribution in [0.15, 0.2) is 24.3 Å². The second-order valence-corrected chi connectivity index (χ2v) is 7.01. The first-order chi connectivity index (χ1) is 9.12. The number of ether oxygens (including phenoxy) is 1. The van der Waals surface area contributed by atoms with Crippen LogP contribution in [0.1, 0.15) is 47.1 Å². The molecule has 1 atom stereocenters. The molecule has 0 radical (unpaired) electrons. The minimum Gasteiger partial charge on any atom is -0.490 e. The smallest absolute Gasteiger partial charge is 0.123 e. The number of hydrogen-bond acceptors (Lipinski definition) is 3. The Bertz CT molecular complexity index is 419. The predicted octanol–water partition coefficient (Wildman–Crippen LogP) is 3.36. The minimum absolute atomic E-state index is 0.0660. The van der Waals surface area contributed by atoms with E-state index >= 15 is 0 Å². The Labute approximate surface area is 123 Å². The van der Waals surface area contributed by atoms with E-state index in [9.17, 15) is 5.11 Å². The summed E-state index contributed by atoms with van der Waals surface area (Å²) in [5, 5.41) is 13.7. The van der Waals surface area contributed by atoms with Gasteiger partial charge in [-0.15, -0.1) is 0 Å². The third-order valence-corrected chi connectivity index (χ3v) is 3.55. The number of aliphatic hydroxyl groups is 1. The third kappa shape index (κ3) is 5.51. The molecule has 20 heavy (non-hydrogen) atoms. The normalized spacial score (nSPS) is 15.2. The van der Waals surface area contributed by atoms with Crippen molar-refractivity contribution in [3.63, 3.8) is 0 Å². The van der Waals surface area contributed by atoms with Crippen LogP contribution in [0, 0.1) is 5.92 Å². The summed E-state index contributed by atoms with van der Waals surface area (Å²) in [7, 11) is 0. The Balaban J connectivity index is 2.71. The lowest BCUT2D eigenvalue weighted by Crippen LogP contribution is -2.38. The topological polar surface area (TPSA) is 41.5 Å². The molecule has 0 saturated carbocycles. The first-order valence-electron chi connectivity index (χ1n) is 7.30. The minimum atomic E-state index is -0.815. The molecule has 0 heterocycles. The summed E-state index contributed by atoms with van der Waals surface area (Å²) in [4.78, 5) is 0. The Morgan fingerprint density at radius 3 is 2.30 bits per heavy atom. The van der Waals surface area contributed by atoms with Crippen molar-refractivity contribution in [2.24, 2.45) is 5.92 Å². The Kier molecular flexibility index (Phi) is 5.60. The molecule has 0 aliphatic rings. The molecule has 0 spiro atoms. The lowest BCUT2D eigenvalue weighted by Gasteiger charge is -2.28. The molecule has 1 unspecified atom stereocenters. The van der Waals surface area contributed by atoms with Crippen LogP contribution in [-0.4, -0.2) is 22.9 Å². The molecule has 0 bridgehead atoms. The summed E-state index contributed by atoms with van der Waals surface area (Å²) >= 11 is 0. The molecule has 0 saturated heterocycles. The molecule has 0 fully saturated rings. The summed E-state index contributed by atoms with van der Waals surface area (Å²) in [5.74, 6) is 0.993. The van der Waals surface area contributed by atoms with E-state index in [1.807, 2.05) is 39.0 Å². The van der Waals surface area contributed by atoms with Crippen LogP contribution < -0.4 is 10.1 Å². The van der Waals surface area contributed by atoms with Crippen LogP contribution in [0.25, 0.3) is 0 Å². The molecule has 2 N–H and O–H groups in total. The van der Waals surface area contributed by atoms with Gasteiger partial charge in [-0.1, -0.05) is 32.0 Å². The van der Waals surface area contributed by atoms with Crippen LogP contribution in [0.3, 0.4) is 0 Å². The summed E-state index contributed by atoms with van der Waals surface area (Å²) < 4.78 is 5.84. The van der Waals surface area contributed by atoms with E-state index in [4.69, 9.17) is 4.74 Å². The highest BCUT2D eigenvalue weighted by atomic mass is 16.5. The van der Waals surface area contributed by atoms with E-state index in [0.29, 0.717) is 6.61 Å².